The van der Waals surface area contributed by atoms with Crippen molar-refractivity contribution in [3.8, 4) is 0 Å². The van der Waals surface area contributed by atoms with E-state index in [-0.39, 0.29) is 0 Å². The summed E-state index contributed by atoms with van der Waals surface area (Å²) < 4.78 is 0. The molecule has 2 aromatic rings. The van der Waals surface area contributed by atoms with Gasteiger partial charge in [-0.2, -0.15) is 0 Å². The van der Waals surface area contributed by atoms with Gasteiger partial charge in [0.2, 0.25) is 0 Å². The lowest BCUT2D eigenvalue weighted by atomic mass is 9.99. The first-order chi connectivity index (χ1) is 9.19. The summed E-state index contributed by atoms with van der Waals surface area (Å²) in [5.41, 5.74) is 2.26. The van der Waals surface area contributed by atoms with Gasteiger partial charge in [0.1, 0.15) is 17.8 Å². The highest BCUT2D eigenvalue weighted by molar-refractivity contribution is 5.91. The summed E-state index contributed by atoms with van der Waals surface area (Å²) in [6.07, 6.45) is 4.72. The Kier molecular flexibility index (Phi) is 3.14. The highest BCUT2D eigenvalue weighted by Crippen LogP contribution is 2.31. The van der Waals surface area contributed by atoms with Crippen LogP contribution in [-0.4, -0.2) is 53.6 Å². The predicted octanol–water partition coefficient (Wildman–Crippen LogP) is 1.52. The van der Waals surface area contributed by atoms with Gasteiger partial charge in [-0.05, 0) is 26.1 Å². The summed E-state index contributed by atoms with van der Waals surface area (Å²) in [5.74, 6) is 1.85. The molecule has 0 atom stereocenters. The van der Waals surface area contributed by atoms with Crippen LogP contribution in [0.3, 0.4) is 0 Å². The van der Waals surface area contributed by atoms with E-state index in [1.165, 1.54) is 10.9 Å². The number of fused-ring (bicyclic) bond motifs is 1. The smallest absolute Gasteiger partial charge is 0.143 e. The molecule has 1 saturated heterocycles. The molecule has 19 heavy (non-hydrogen) atoms. The van der Waals surface area contributed by atoms with Gasteiger partial charge in [0, 0.05) is 31.7 Å². The summed E-state index contributed by atoms with van der Waals surface area (Å²) in [6.45, 7) is 5.51. The topological polar surface area (TPSA) is 48.1 Å². The van der Waals surface area contributed by atoms with Crippen LogP contribution < -0.4 is 4.90 Å². The number of rotatable bonds is 4. The maximum Gasteiger partial charge on any atom is 0.143 e. The number of hydrogen-bond donors (Lipinski definition) is 1. The molecule has 0 radical (unpaired) electrons. The van der Waals surface area contributed by atoms with Crippen molar-refractivity contribution < 1.29 is 0 Å². The number of nitrogens with zero attached hydrogens (tertiary/aromatic N) is 4. The van der Waals surface area contributed by atoms with Crippen molar-refractivity contribution >= 4 is 16.9 Å². The third-order valence-corrected chi connectivity index (χ3v) is 3.79. The van der Waals surface area contributed by atoms with Crippen LogP contribution in [0.2, 0.25) is 0 Å². The lowest BCUT2D eigenvalue weighted by molar-refractivity contribution is 0.282. The molecular formula is C14H21N5. The first-order valence-corrected chi connectivity index (χ1v) is 6.89. The fraction of sp³-hybridized carbons (Fsp3) is 0.571. The number of H-pyrrole nitrogens is 1. The van der Waals surface area contributed by atoms with Crippen molar-refractivity contribution in [1.29, 1.82) is 0 Å². The molecule has 5 heteroatoms. The van der Waals surface area contributed by atoms with Gasteiger partial charge < -0.3 is 14.8 Å². The van der Waals surface area contributed by atoms with Crippen molar-refractivity contribution in [1.82, 2.24) is 19.9 Å². The van der Waals surface area contributed by atoms with Crippen molar-refractivity contribution in [2.75, 3.05) is 38.6 Å². The van der Waals surface area contributed by atoms with E-state index in [0.29, 0.717) is 0 Å². The summed E-state index contributed by atoms with van der Waals surface area (Å²) >= 11 is 0. The normalized spacial score (nSPS) is 16.3. The van der Waals surface area contributed by atoms with E-state index in [9.17, 15) is 0 Å². The third kappa shape index (κ3) is 2.18. The maximum atomic E-state index is 4.50. The number of nitrogens with one attached hydrogen (secondary N) is 1. The first kappa shape index (κ1) is 12.4. The second-order valence-corrected chi connectivity index (χ2v) is 5.62. The van der Waals surface area contributed by atoms with Crippen LogP contribution in [0.25, 0.3) is 11.0 Å². The minimum atomic E-state index is 0.754. The summed E-state index contributed by atoms with van der Waals surface area (Å²) in [5, 5.41) is 1.20. The van der Waals surface area contributed by atoms with E-state index in [4.69, 9.17) is 0 Å². The molecular weight excluding hydrogens is 238 g/mol. The van der Waals surface area contributed by atoms with Crippen LogP contribution in [0.15, 0.2) is 12.5 Å². The van der Waals surface area contributed by atoms with Gasteiger partial charge in [-0.3, -0.25) is 0 Å². The van der Waals surface area contributed by atoms with Gasteiger partial charge in [0.15, 0.2) is 0 Å². The van der Waals surface area contributed by atoms with E-state index < -0.39 is 0 Å². The Bertz CT molecular complexity index is 568. The Morgan fingerprint density at radius 1 is 1.37 bits per heavy atom. The monoisotopic (exact) mass is 259 g/mol. The zero-order chi connectivity index (χ0) is 13.4. The molecule has 0 amide bonds. The molecule has 1 N–H and O–H groups in total. The number of aromatic nitrogens is 3. The van der Waals surface area contributed by atoms with Gasteiger partial charge in [-0.25, -0.2) is 9.97 Å². The molecule has 5 nitrogen and oxygen atoms in total. The van der Waals surface area contributed by atoms with Gasteiger partial charge in [-0.1, -0.05) is 6.92 Å². The lowest BCUT2D eigenvalue weighted by Crippen LogP contribution is -2.51. The Balaban J connectivity index is 1.84. The van der Waals surface area contributed by atoms with Crippen LogP contribution in [0.1, 0.15) is 12.5 Å². The van der Waals surface area contributed by atoms with E-state index in [2.05, 4.69) is 52.0 Å². The molecule has 102 valence electrons. The summed E-state index contributed by atoms with van der Waals surface area (Å²) in [7, 11) is 4.26. The average molecular weight is 259 g/mol. The van der Waals surface area contributed by atoms with E-state index in [0.717, 1.165) is 43.4 Å². The molecule has 0 bridgehead atoms. The van der Waals surface area contributed by atoms with Gasteiger partial charge >= 0.3 is 0 Å². The minimum Gasteiger partial charge on any atom is -0.355 e. The molecule has 0 unspecified atom stereocenters. The molecule has 3 rings (SSSR count). The fourth-order valence-corrected chi connectivity index (χ4v) is 2.90. The lowest BCUT2D eigenvalue weighted by Gasteiger charge is -2.41. The third-order valence-electron chi connectivity index (χ3n) is 3.79. The molecule has 1 fully saturated rings. The number of aryl methyl sites for hydroxylation is 1. The molecule has 1 aliphatic heterocycles. The van der Waals surface area contributed by atoms with E-state index in [1.54, 1.807) is 6.33 Å². The predicted molar refractivity (Wildman–Crippen MR) is 77.5 cm³/mol. The standard InChI is InChI=1S/C14H21N5/c1-4-11-5-15-13-12(11)14(17-9-16-13)19-7-10(8-19)6-18(2)3/h5,9-10H,4,6-8H2,1-3H3,(H,15,16,17). The van der Waals surface area contributed by atoms with Crippen LogP contribution in [0.5, 0.6) is 0 Å². The maximum absolute atomic E-state index is 4.50. The Morgan fingerprint density at radius 2 is 2.16 bits per heavy atom. The second-order valence-electron chi connectivity index (χ2n) is 5.62. The van der Waals surface area contributed by atoms with Crippen molar-refractivity contribution in [2.45, 2.75) is 13.3 Å². The van der Waals surface area contributed by atoms with Gasteiger partial charge in [-0.15, -0.1) is 0 Å². The van der Waals surface area contributed by atoms with Gasteiger partial charge in [0.05, 0.1) is 5.39 Å². The number of hydrogen-bond acceptors (Lipinski definition) is 4. The van der Waals surface area contributed by atoms with Gasteiger partial charge in [0.25, 0.3) is 0 Å². The molecule has 0 aromatic carbocycles. The van der Waals surface area contributed by atoms with E-state index >= 15 is 0 Å². The van der Waals surface area contributed by atoms with Crippen LogP contribution in [-0.2, 0) is 6.42 Å². The van der Waals surface area contributed by atoms with Crippen LogP contribution >= 0.6 is 0 Å². The second kappa shape index (κ2) is 4.81. The van der Waals surface area contributed by atoms with Crippen molar-refractivity contribution in [3.63, 3.8) is 0 Å². The molecule has 0 saturated carbocycles. The van der Waals surface area contributed by atoms with Crippen LogP contribution in [0, 0.1) is 5.92 Å². The van der Waals surface area contributed by atoms with Crippen molar-refractivity contribution in [3.05, 3.63) is 18.1 Å². The number of anilines is 1. The zero-order valence-electron chi connectivity index (χ0n) is 11.8. The first-order valence-electron chi connectivity index (χ1n) is 6.89. The fourth-order valence-electron chi connectivity index (χ4n) is 2.90. The molecule has 0 aliphatic carbocycles. The Hall–Kier alpha value is -1.62. The summed E-state index contributed by atoms with van der Waals surface area (Å²) in [4.78, 5) is 16.7. The molecule has 3 heterocycles. The van der Waals surface area contributed by atoms with Crippen LogP contribution in [0.4, 0.5) is 5.82 Å². The largest absolute Gasteiger partial charge is 0.355 e. The van der Waals surface area contributed by atoms with Crippen molar-refractivity contribution in [2.24, 2.45) is 5.92 Å². The molecule has 0 spiro atoms. The van der Waals surface area contributed by atoms with E-state index in [1.807, 2.05) is 0 Å². The summed E-state index contributed by atoms with van der Waals surface area (Å²) in [6, 6.07) is 0. The highest BCUT2D eigenvalue weighted by Gasteiger charge is 2.29. The SMILES string of the molecule is CCc1c[nH]c2ncnc(N3CC(CN(C)C)C3)c12. The number of aromatic amines is 1. The molecule has 2 aromatic heterocycles. The average Bonchev–Trinajstić information content (AvgIpc) is 2.76. The Morgan fingerprint density at radius 3 is 2.84 bits per heavy atom. The quantitative estimate of drug-likeness (QED) is 0.904. The highest BCUT2D eigenvalue weighted by atomic mass is 15.3. The minimum absolute atomic E-state index is 0.754. The Labute approximate surface area is 113 Å². The molecule has 1 aliphatic rings. The zero-order valence-corrected chi connectivity index (χ0v) is 11.8.